The molecule has 0 radical (unpaired) electrons. The molecule has 5 heterocycles. The van der Waals surface area contributed by atoms with E-state index in [-0.39, 0.29) is 0 Å². The van der Waals surface area contributed by atoms with Crippen LogP contribution in [-0.2, 0) is 0 Å². The van der Waals surface area contributed by atoms with Crippen LogP contribution in [0.4, 0.5) is 22.7 Å². The summed E-state index contributed by atoms with van der Waals surface area (Å²) in [5.74, 6) is 0. The van der Waals surface area contributed by atoms with Crippen molar-refractivity contribution in [1.29, 1.82) is 0 Å². The summed E-state index contributed by atoms with van der Waals surface area (Å²) in [6.45, 7) is 5.28. The van der Waals surface area contributed by atoms with E-state index in [4.69, 9.17) is 19.9 Å². The normalized spacial score (nSPS) is 14.7. The molecule has 6 aromatic carbocycles. The highest BCUT2D eigenvalue weighted by Crippen LogP contribution is 2.50. The first-order chi connectivity index (χ1) is 31.1. The van der Waals surface area contributed by atoms with Crippen molar-refractivity contribution in [2.24, 2.45) is 4.99 Å². The van der Waals surface area contributed by atoms with Crippen molar-refractivity contribution >= 4 is 84.1 Å². The summed E-state index contributed by atoms with van der Waals surface area (Å²) in [5, 5.41) is 5.50. The molecule has 0 saturated heterocycles. The van der Waals surface area contributed by atoms with Crippen LogP contribution in [-0.4, -0.2) is 34.8 Å². The smallest absolute Gasteiger partial charge is 0.0948 e. The molecule has 0 fully saturated rings. The van der Waals surface area contributed by atoms with E-state index in [2.05, 4.69) is 163 Å². The van der Waals surface area contributed by atoms with Gasteiger partial charge in [-0.25, -0.2) is 0 Å². The molecule has 0 spiro atoms. The number of aromatic nitrogens is 3. The van der Waals surface area contributed by atoms with Crippen molar-refractivity contribution < 1.29 is 0 Å². The van der Waals surface area contributed by atoms with E-state index in [0.717, 1.165) is 125 Å². The number of allylic oxidation sites excluding steroid dienone is 4. The molecular weight excluding hydrogens is 769 g/mol. The summed E-state index contributed by atoms with van der Waals surface area (Å²) in [7, 11) is 2.17. The molecule has 0 amide bonds. The molecule has 0 N–H and O–H groups in total. The zero-order chi connectivity index (χ0) is 42.0. The Bertz CT molecular complexity index is 3510. The molecular formula is C57H42N6. The summed E-state index contributed by atoms with van der Waals surface area (Å²) in [5.41, 5.74) is 18.5. The topological polar surface area (TPSA) is 57.5 Å². The SMILES string of the molecule is C=C1CC=C(c2ccc(N(c3ccc(-c4cccc5cccnc45)c4ccccc34)c3ccc(-c4cccc5c4N(C)CC=C5)c4cccnc34)c3ncccc23)C2=C1CCC=N2. The zero-order valence-electron chi connectivity index (χ0n) is 35.0. The highest BCUT2D eigenvalue weighted by molar-refractivity contribution is 6.15. The van der Waals surface area contributed by atoms with Crippen LogP contribution < -0.4 is 9.80 Å². The van der Waals surface area contributed by atoms with Crippen molar-refractivity contribution in [3.8, 4) is 22.3 Å². The average Bonchev–Trinajstić information content (AvgIpc) is 3.34. The minimum Gasteiger partial charge on any atom is -0.370 e. The fourth-order valence-corrected chi connectivity index (χ4v) is 10.2. The van der Waals surface area contributed by atoms with E-state index in [1.165, 1.54) is 22.4 Å². The fraction of sp³-hybridized carbons (Fsp3) is 0.0877. The first-order valence-corrected chi connectivity index (χ1v) is 21.7. The summed E-state index contributed by atoms with van der Waals surface area (Å²) in [4.78, 5) is 25.0. The summed E-state index contributed by atoms with van der Waals surface area (Å²) in [6.07, 6.45) is 17.2. The summed E-state index contributed by atoms with van der Waals surface area (Å²) >= 11 is 0. The molecule has 300 valence electrons. The van der Waals surface area contributed by atoms with E-state index < -0.39 is 0 Å². The van der Waals surface area contributed by atoms with E-state index in [1.54, 1.807) is 0 Å². The maximum absolute atomic E-state index is 5.24. The number of aliphatic imine (C=N–C) groups is 1. The lowest BCUT2D eigenvalue weighted by molar-refractivity contribution is 0.955. The second kappa shape index (κ2) is 14.9. The standard InChI is InChI=1S/C57H42N6/c1-36-23-24-48(54-39(36)20-8-32-59-54)42-26-29-51(55-46(42)21-9-33-60-55)63(50-28-25-41(40-16-3-4-17-44(40)50)45-18-5-12-37-14-7-31-58-53(37)45)52-30-27-43(47-22-10-34-61-56(47)52)49-19-6-13-38-15-11-35-62(2)57(38)49/h3-7,9-19,21-22,24-34H,1,8,20,23,35H2,2H3. The molecule has 3 aromatic heterocycles. The predicted octanol–water partition coefficient (Wildman–Crippen LogP) is 14.2. The van der Waals surface area contributed by atoms with Crippen LogP contribution in [0.5, 0.6) is 0 Å². The van der Waals surface area contributed by atoms with Crippen LogP contribution in [0, 0.1) is 0 Å². The number of hydrogen-bond donors (Lipinski definition) is 0. The predicted molar refractivity (Wildman–Crippen MR) is 264 cm³/mol. The van der Waals surface area contributed by atoms with Crippen LogP contribution >= 0.6 is 0 Å². The second-order valence-electron chi connectivity index (χ2n) is 16.6. The van der Waals surface area contributed by atoms with E-state index in [1.807, 2.05) is 36.9 Å². The van der Waals surface area contributed by atoms with Crippen LogP contribution in [0.2, 0.25) is 0 Å². The van der Waals surface area contributed by atoms with E-state index in [9.17, 15) is 0 Å². The second-order valence-corrected chi connectivity index (χ2v) is 16.6. The number of likely N-dealkylation sites (N-methyl/N-ethyl adjacent to an activating group) is 1. The van der Waals surface area contributed by atoms with Crippen molar-refractivity contribution in [3.05, 3.63) is 199 Å². The highest BCUT2D eigenvalue weighted by atomic mass is 15.2. The average molecular weight is 811 g/mol. The van der Waals surface area contributed by atoms with Crippen molar-refractivity contribution in [1.82, 2.24) is 15.0 Å². The Balaban J connectivity index is 1.13. The van der Waals surface area contributed by atoms with Gasteiger partial charge in [0.05, 0.1) is 45.0 Å². The molecule has 0 unspecified atom stereocenters. The fourth-order valence-electron chi connectivity index (χ4n) is 10.2. The minimum absolute atomic E-state index is 0.810. The Hall–Kier alpha value is -7.96. The number of benzene rings is 6. The van der Waals surface area contributed by atoms with Gasteiger partial charge in [0.15, 0.2) is 0 Å². The van der Waals surface area contributed by atoms with Gasteiger partial charge in [-0.15, -0.1) is 0 Å². The van der Waals surface area contributed by atoms with Gasteiger partial charge in [0, 0.05) is 76.6 Å². The third-order valence-corrected chi connectivity index (χ3v) is 13.0. The number of hydrogen-bond acceptors (Lipinski definition) is 6. The van der Waals surface area contributed by atoms with Gasteiger partial charge in [0.25, 0.3) is 0 Å². The maximum Gasteiger partial charge on any atom is 0.0948 e. The molecule has 9 aromatic rings. The molecule has 63 heavy (non-hydrogen) atoms. The van der Waals surface area contributed by atoms with Gasteiger partial charge >= 0.3 is 0 Å². The molecule has 0 bridgehead atoms. The highest BCUT2D eigenvalue weighted by Gasteiger charge is 2.28. The molecule has 12 rings (SSSR count). The number of rotatable bonds is 6. The Morgan fingerprint density at radius 2 is 1.21 bits per heavy atom. The van der Waals surface area contributed by atoms with Gasteiger partial charge in [-0.2, -0.15) is 0 Å². The monoisotopic (exact) mass is 810 g/mol. The summed E-state index contributed by atoms with van der Waals surface area (Å²) in [6, 6.07) is 48.0. The van der Waals surface area contributed by atoms with Crippen LogP contribution in [0.15, 0.2) is 193 Å². The lowest BCUT2D eigenvalue weighted by Crippen LogP contribution is -2.21. The molecule has 1 aliphatic carbocycles. The Labute approximate surface area is 366 Å². The van der Waals surface area contributed by atoms with Gasteiger partial charge in [-0.05, 0) is 94.4 Å². The molecule has 0 atom stereocenters. The number of pyridine rings is 3. The van der Waals surface area contributed by atoms with Gasteiger partial charge in [-0.3, -0.25) is 19.9 Å². The molecule has 6 nitrogen and oxygen atoms in total. The Kier molecular flexibility index (Phi) is 8.71. The van der Waals surface area contributed by atoms with Gasteiger partial charge in [0.1, 0.15) is 0 Å². The zero-order valence-corrected chi connectivity index (χ0v) is 35.0. The number of anilines is 4. The largest absolute Gasteiger partial charge is 0.370 e. The molecule has 6 heteroatoms. The number of para-hydroxylation sites is 2. The van der Waals surface area contributed by atoms with Gasteiger partial charge < -0.3 is 9.80 Å². The first kappa shape index (κ1) is 36.9. The quantitative estimate of drug-likeness (QED) is 0.167. The van der Waals surface area contributed by atoms with Crippen molar-refractivity contribution in [2.45, 2.75) is 19.3 Å². The number of fused-ring (bicyclic) bond motifs is 5. The third-order valence-electron chi connectivity index (χ3n) is 13.0. The molecule has 0 saturated carbocycles. The number of nitrogens with zero attached hydrogens (tertiary/aromatic N) is 6. The summed E-state index contributed by atoms with van der Waals surface area (Å²) < 4.78 is 0. The van der Waals surface area contributed by atoms with E-state index >= 15 is 0 Å². The van der Waals surface area contributed by atoms with Crippen molar-refractivity contribution in [2.75, 3.05) is 23.4 Å². The van der Waals surface area contributed by atoms with Crippen LogP contribution in [0.3, 0.4) is 0 Å². The van der Waals surface area contributed by atoms with Gasteiger partial charge in [0.2, 0.25) is 0 Å². The van der Waals surface area contributed by atoms with Crippen molar-refractivity contribution in [3.63, 3.8) is 0 Å². The molecule has 2 aliphatic heterocycles. The Morgan fingerprint density at radius 1 is 0.571 bits per heavy atom. The Morgan fingerprint density at radius 3 is 2.02 bits per heavy atom. The third kappa shape index (κ3) is 5.93. The van der Waals surface area contributed by atoms with E-state index in [0.29, 0.717) is 0 Å². The minimum atomic E-state index is 0.810. The maximum atomic E-state index is 5.24. The van der Waals surface area contributed by atoms with Crippen LogP contribution in [0.25, 0.3) is 77.4 Å². The van der Waals surface area contributed by atoms with Gasteiger partial charge in [-0.1, -0.05) is 122 Å². The lowest BCUT2D eigenvalue weighted by Gasteiger charge is -2.31. The van der Waals surface area contributed by atoms with Crippen LogP contribution in [0.1, 0.15) is 30.4 Å². The first-order valence-electron chi connectivity index (χ1n) is 21.7. The molecule has 3 aliphatic rings. The lowest BCUT2D eigenvalue weighted by atomic mass is 9.84.